The summed E-state index contributed by atoms with van der Waals surface area (Å²) in [7, 11) is 0. The Balaban J connectivity index is 1.96. The molecule has 1 amide bonds. The van der Waals surface area contributed by atoms with Crippen LogP contribution in [0.15, 0.2) is 18.2 Å². The Morgan fingerprint density at radius 1 is 1.42 bits per heavy atom. The fourth-order valence-corrected chi connectivity index (χ4v) is 1.64. The van der Waals surface area contributed by atoms with Crippen molar-refractivity contribution in [2.45, 2.75) is 6.92 Å². The number of hydrogen-bond donors (Lipinski definition) is 3. The van der Waals surface area contributed by atoms with E-state index >= 15 is 0 Å². The molecule has 1 aromatic heterocycles. The lowest BCUT2D eigenvalue weighted by Gasteiger charge is -2.04. The maximum Gasteiger partial charge on any atom is 0.329 e. The highest BCUT2D eigenvalue weighted by Gasteiger charge is 2.06. The molecule has 0 atom stereocenters. The quantitative estimate of drug-likeness (QED) is 0.743. The van der Waals surface area contributed by atoms with Crippen LogP contribution >= 0.6 is 0 Å². The Hall–Kier alpha value is -2.41. The largest absolute Gasteiger partial charge is 0.480 e. The van der Waals surface area contributed by atoms with Crippen molar-refractivity contribution in [3.63, 3.8) is 0 Å². The molecule has 7 nitrogen and oxygen atoms in total. The molecule has 0 spiro atoms. The van der Waals surface area contributed by atoms with Crippen molar-refractivity contribution in [1.82, 2.24) is 9.97 Å². The minimum atomic E-state index is -1.11. The third-order valence-electron chi connectivity index (χ3n) is 2.34. The number of ether oxygens (including phenoxy) is 1. The van der Waals surface area contributed by atoms with Crippen LogP contribution in [0.3, 0.4) is 0 Å². The highest BCUT2D eigenvalue weighted by atomic mass is 16.5. The van der Waals surface area contributed by atoms with Crippen LogP contribution in [0.5, 0.6) is 0 Å². The van der Waals surface area contributed by atoms with Gasteiger partial charge in [-0.25, -0.2) is 9.78 Å². The maximum atomic E-state index is 11.5. The minimum absolute atomic E-state index is 0.299. The van der Waals surface area contributed by atoms with Gasteiger partial charge in [-0.1, -0.05) is 0 Å². The highest BCUT2D eigenvalue weighted by molar-refractivity contribution is 5.93. The number of carbonyl (C=O) groups excluding carboxylic acids is 1. The van der Waals surface area contributed by atoms with Crippen molar-refractivity contribution in [1.29, 1.82) is 0 Å². The molecule has 100 valence electrons. The SMILES string of the molecule is Cc1nc2ccc(NC(=O)COCC(=O)O)cc2[nH]1. The number of hydrogen-bond acceptors (Lipinski definition) is 4. The van der Waals surface area contributed by atoms with Crippen LogP contribution in [0.4, 0.5) is 5.69 Å². The zero-order chi connectivity index (χ0) is 13.8. The average molecular weight is 263 g/mol. The van der Waals surface area contributed by atoms with Gasteiger partial charge in [0.05, 0.1) is 11.0 Å². The van der Waals surface area contributed by atoms with Crippen molar-refractivity contribution < 1.29 is 19.4 Å². The van der Waals surface area contributed by atoms with E-state index in [1.807, 2.05) is 6.92 Å². The summed E-state index contributed by atoms with van der Waals surface area (Å²) < 4.78 is 4.69. The fourth-order valence-electron chi connectivity index (χ4n) is 1.64. The zero-order valence-electron chi connectivity index (χ0n) is 10.3. The van der Waals surface area contributed by atoms with E-state index in [0.717, 1.165) is 16.9 Å². The van der Waals surface area contributed by atoms with E-state index < -0.39 is 18.5 Å². The summed E-state index contributed by atoms with van der Waals surface area (Å²) in [6, 6.07) is 5.26. The molecule has 0 saturated carbocycles. The molecule has 0 unspecified atom stereocenters. The number of aromatic amines is 1. The summed E-state index contributed by atoms with van der Waals surface area (Å²) >= 11 is 0. The number of H-pyrrole nitrogens is 1. The molecule has 3 N–H and O–H groups in total. The first kappa shape index (κ1) is 13.0. The molecule has 2 aromatic rings. The van der Waals surface area contributed by atoms with Crippen LogP contribution in [0, 0.1) is 6.92 Å². The predicted octanol–water partition coefficient (Wildman–Crippen LogP) is 0.911. The first-order chi connectivity index (χ1) is 9.04. The molecule has 0 bridgehead atoms. The van der Waals surface area contributed by atoms with Gasteiger partial charge < -0.3 is 20.1 Å². The maximum absolute atomic E-state index is 11.5. The van der Waals surface area contributed by atoms with Crippen LogP contribution in [-0.2, 0) is 14.3 Å². The van der Waals surface area contributed by atoms with Gasteiger partial charge in [0, 0.05) is 5.69 Å². The standard InChI is InChI=1S/C12H13N3O4/c1-7-13-9-3-2-8(4-10(9)14-7)15-11(16)5-19-6-12(17)18/h2-4H,5-6H2,1H3,(H,13,14)(H,15,16)(H,17,18). The number of carbonyl (C=O) groups is 2. The Bertz CT molecular complexity index is 620. The first-order valence-corrected chi connectivity index (χ1v) is 5.60. The normalized spacial score (nSPS) is 10.6. The van der Waals surface area contributed by atoms with Crippen LogP contribution in [-0.4, -0.2) is 40.2 Å². The Labute approximate surface area is 108 Å². The lowest BCUT2D eigenvalue weighted by Crippen LogP contribution is -2.20. The fraction of sp³-hybridized carbons (Fsp3) is 0.250. The van der Waals surface area contributed by atoms with Crippen molar-refractivity contribution in [2.75, 3.05) is 18.5 Å². The topological polar surface area (TPSA) is 104 Å². The summed E-state index contributed by atoms with van der Waals surface area (Å²) in [6.07, 6.45) is 0. The lowest BCUT2D eigenvalue weighted by molar-refractivity contribution is -0.143. The van der Waals surface area contributed by atoms with E-state index in [1.54, 1.807) is 18.2 Å². The zero-order valence-corrected chi connectivity index (χ0v) is 10.3. The summed E-state index contributed by atoms with van der Waals surface area (Å²) in [5, 5.41) is 11.0. The molecule has 1 aromatic carbocycles. The van der Waals surface area contributed by atoms with Gasteiger partial charge in [0.2, 0.25) is 5.91 Å². The Kier molecular flexibility index (Phi) is 3.76. The number of anilines is 1. The third kappa shape index (κ3) is 3.52. The first-order valence-electron chi connectivity index (χ1n) is 5.60. The minimum Gasteiger partial charge on any atom is -0.480 e. The number of imidazole rings is 1. The van der Waals surface area contributed by atoms with E-state index in [4.69, 9.17) is 5.11 Å². The number of aromatic nitrogens is 2. The van der Waals surface area contributed by atoms with Crippen LogP contribution in [0.1, 0.15) is 5.82 Å². The van der Waals surface area contributed by atoms with Gasteiger partial charge in [-0.05, 0) is 25.1 Å². The number of carboxylic acid groups (broad SMARTS) is 1. The molecule has 0 radical (unpaired) electrons. The second kappa shape index (κ2) is 5.49. The van der Waals surface area contributed by atoms with Gasteiger partial charge in [-0.2, -0.15) is 0 Å². The smallest absolute Gasteiger partial charge is 0.329 e. The van der Waals surface area contributed by atoms with Crippen molar-refractivity contribution >= 4 is 28.6 Å². The lowest BCUT2D eigenvalue weighted by atomic mass is 10.3. The van der Waals surface area contributed by atoms with Gasteiger partial charge in [0.1, 0.15) is 19.0 Å². The van der Waals surface area contributed by atoms with Gasteiger partial charge in [-0.15, -0.1) is 0 Å². The predicted molar refractivity (Wildman–Crippen MR) is 67.9 cm³/mol. The van der Waals surface area contributed by atoms with E-state index in [1.165, 1.54) is 0 Å². The number of rotatable bonds is 5. The molecule has 2 rings (SSSR count). The van der Waals surface area contributed by atoms with Gasteiger partial charge >= 0.3 is 5.97 Å². The van der Waals surface area contributed by atoms with Crippen LogP contribution < -0.4 is 5.32 Å². The van der Waals surface area contributed by atoms with Crippen molar-refractivity contribution in [2.24, 2.45) is 0 Å². The summed E-state index contributed by atoms with van der Waals surface area (Å²) in [5.41, 5.74) is 2.24. The highest BCUT2D eigenvalue weighted by Crippen LogP contribution is 2.16. The van der Waals surface area contributed by atoms with Gasteiger partial charge in [0.25, 0.3) is 0 Å². The average Bonchev–Trinajstić information content (AvgIpc) is 2.67. The van der Waals surface area contributed by atoms with Gasteiger partial charge in [0.15, 0.2) is 0 Å². The van der Waals surface area contributed by atoms with E-state index in [9.17, 15) is 9.59 Å². The molecule has 7 heteroatoms. The molecule has 0 saturated heterocycles. The summed E-state index contributed by atoms with van der Waals surface area (Å²) in [5.74, 6) is -0.720. The molecule has 0 aliphatic rings. The molecular formula is C12H13N3O4. The molecule has 0 aliphatic carbocycles. The molecule has 0 aliphatic heterocycles. The number of nitrogens with one attached hydrogen (secondary N) is 2. The van der Waals surface area contributed by atoms with Crippen molar-refractivity contribution in [3.05, 3.63) is 24.0 Å². The number of benzene rings is 1. The van der Waals surface area contributed by atoms with E-state index in [2.05, 4.69) is 20.0 Å². The summed E-state index contributed by atoms with van der Waals surface area (Å²) in [6.45, 7) is 1.05. The molecule has 19 heavy (non-hydrogen) atoms. The van der Waals surface area contributed by atoms with E-state index in [-0.39, 0.29) is 6.61 Å². The molecular weight excluding hydrogens is 250 g/mol. The van der Waals surface area contributed by atoms with Gasteiger partial charge in [-0.3, -0.25) is 4.79 Å². The van der Waals surface area contributed by atoms with Crippen LogP contribution in [0.2, 0.25) is 0 Å². The monoisotopic (exact) mass is 263 g/mol. The number of aliphatic carboxylic acids is 1. The molecule has 1 heterocycles. The number of aryl methyl sites for hydroxylation is 1. The van der Waals surface area contributed by atoms with Crippen LogP contribution in [0.25, 0.3) is 11.0 Å². The van der Waals surface area contributed by atoms with E-state index in [0.29, 0.717) is 5.69 Å². The summed E-state index contributed by atoms with van der Waals surface area (Å²) in [4.78, 5) is 29.0. The number of amides is 1. The third-order valence-corrected chi connectivity index (χ3v) is 2.34. The number of nitrogens with zero attached hydrogens (tertiary/aromatic N) is 1. The Morgan fingerprint density at radius 3 is 2.95 bits per heavy atom. The Morgan fingerprint density at radius 2 is 2.21 bits per heavy atom. The number of carboxylic acids is 1. The number of fused-ring (bicyclic) bond motifs is 1. The van der Waals surface area contributed by atoms with Crippen molar-refractivity contribution in [3.8, 4) is 0 Å². The second-order valence-corrected chi connectivity index (χ2v) is 3.99. The second-order valence-electron chi connectivity index (χ2n) is 3.99. The molecule has 0 fully saturated rings.